The number of carbonyl (C=O) groups excluding carboxylic acids is 1. The Morgan fingerprint density at radius 2 is 1.59 bits per heavy atom. The summed E-state index contributed by atoms with van der Waals surface area (Å²) in [4.78, 5) is 11.4. The lowest BCUT2D eigenvalue weighted by Gasteiger charge is -2.18. The van der Waals surface area contributed by atoms with E-state index in [1.165, 1.54) is 10.5 Å². The van der Waals surface area contributed by atoms with Crippen molar-refractivity contribution in [3.05, 3.63) is 35.9 Å². The van der Waals surface area contributed by atoms with E-state index in [9.17, 15) is 9.90 Å². The normalized spacial score (nSPS) is 10.7. The Labute approximate surface area is 104 Å². The van der Waals surface area contributed by atoms with Crippen LogP contribution in [0.4, 0.5) is 0 Å². The van der Waals surface area contributed by atoms with Crippen LogP contribution in [0.3, 0.4) is 0 Å². The number of carbonyl (C=O) groups is 1. The molecule has 0 heterocycles. The molecule has 0 aliphatic carbocycles. The topological polar surface area (TPSA) is 44.6 Å². The fraction of sp³-hybridized carbons (Fsp3) is 0.500. The molecule has 1 rings (SSSR count). The second-order valence-corrected chi connectivity index (χ2v) is 5.41. The summed E-state index contributed by atoms with van der Waals surface area (Å²) in [6, 6.07) is 10.5. The van der Waals surface area contributed by atoms with Crippen LogP contribution in [-0.2, 0) is 11.3 Å². The SMILES string of the molecule is CC(C)(C)C(=O)[O-].C[NH+](C)Cc1ccccc1. The molecule has 0 aliphatic heterocycles. The highest BCUT2D eigenvalue weighted by atomic mass is 16.4. The van der Waals surface area contributed by atoms with E-state index in [2.05, 4.69) is 44.4 Å². The second-order valence-electron chi connectivity index (χ2n) is 5.41. The third-order valence-corrected chi connectivity index (χ3v) is 2.01. The molecule has 1 N–H and O–H groups in total. The van der Waals surface area contributed by atoms with Gasteiger partial charge in [0.05, 0.1) is 14.1 Å². The number of quaternary nitrogens is 1. The van der Waals surface area contributed by atoms with Crippen molar-refractivity contribution in [3.8, 4) is 0 Å². The summed E-state index contributed by atoms with van der Waals surface area (Å²) in [6.07, 6.45) is 0. The van der Waals surface area contributed by atoms with Gasteiger partial charge >= 0.3 is 0 Å². The highest BCUT2D eigenvalue weighted by Crippen LogP contribution is 2.09. The van der Waals surface area contributed by atoms with E-state index in [0.29, 0.717) is 0 Å². The minimum atomic E-state index is -1.01. The molecule has 0 radical (unpaired) electrons. The van der Waals surface area contributed by atoms with Gasteiger partial charge in [-0.3, -0.25) is 0 Å². The number of carboxylic acids is 1. The first kappa shape index (κ1) is 15.7. The van der Waals surface area contributed by atoms with Gasteiger partial charge in [-0.1, -0.05) is 51.1 Å². The third kappa shape index (κ3) is 8.46. The largest absolute Gasteiger partial charge is 0.550 e. The highest BCUT2D eigenvalue weighted by Gasteiger charge is 2.09. The molecular formula is C14H23NO2. The van der Waals surface area contributed by atoms with E-state index < -0.39 is 11.4 Å². The molecule has 0 atom stereocenters. The van der Waals surface area contributed by atoms with Gasteiger partial charge < -0.3 is 14.8 Å². The first-order valence-corrected chi connectivity index (χ1v) is 5.78. The molecule has 96 valence electrons. The average molecular weight is 237 g/mol. The van der Waals surface area contributed by atoms with E-state index in [-0.39, 0.29) is 0 Å². The molecule has 0 amide bonds. The van der Waals surface area contributed by atoms with E-state index in [4.69, 9.17) is 0 Å². The van der Waals surface area contributed by atoms with Gasteiger partial charge in [-0.2, -0.15) is 0 Å². The van der Waals surface area contributed by atoms with Gasteiger partial charge in [0.1, 0.15) is 6.54 Å². The molecule has 0 fully saturated rings. The summed E-state index contributed by atoms with van der Waals surface area (Å²) in [6.45, 7) is 5.91. The Hall–Kier alpha value is -1.35. The first-order chi connectivity index (χ1) is 7.73. The van der Waals surface area contributed by atoms with Gasteiger partial charge in [-0.15, -0.1) is 0 Å². The van der Waals surface area contributed by atoms with E-state index in [1.54, 1.807) is 20.8 Å². The van der Waals surface area contributed by atoms with Crippen LogP contribution < -0.4 is 10.0 Å². The predicted octanol–water partition coefficient (Wildman–Crippen LogP) is 0.114. The second kappa shape index (κ2) is 7.07. The van der Waals surface area contributed by atoms with Gasteiger partial charge in [-0.25, -0.2) is 0 Å². The Morgan fingerprint density at radius 3 is 1.88 bits per heavy atom. The number of carboxylic acid groups (broad SMARTS) is 1. The minimum Gasteiger partial charge on any atom is -0.550 e. The average Bonchev–Trinajstić information content (AvgIpc) is 2.17. The molecule has 0 aromatic heterocycles. The summed E-state index contributed by atoms with van der Waals surface area (Å²) in [5, 5.41) is 9.91. The van der Waals surface area contributed by atoms with Crippen molar-refractivity contribution in [3.63, 3.8) is 0 Å². The zero-order chi connectivity index (χ0) is 13.5. The van der Waals surface area contributed by atoms with E-state index >= 15 is 0 Å². The number of hydrogen-bond donors (Lipinski definition) is 1. The molecule has 3 nitrogen and oxygen atoms in total. The molecule has 1 aromatic rings. The van der Waals surface area contributed by atoms with Crippen LogP contribution in [-0.4, -0.2) is 20.1 Å². The van der Waals surface area contributed by atoms with Crippen LogP contribution in [0.25, 0.3) is 0 Å². The summed E-state index contributed by atoms with van der Waals surface area (Å²) in [7, 11) is 4.32. The van der Waals surface area contributed by atoms with Crippen molar-refractivity contribution in [2.24, 2.45) is 5.41 Å². The molecular weight excluding hydrogens is 214 g/mol. The summed E-state index contributed by atoms with van der Waals surface area (Å²) in [5.74, 6) is -1.01. The summed E-state index contributed by atoms with van der Waals surface area (Å²) in [5.41, 5.74) is 0.711. The maximum Gasteiger partial charge on any atom is 0.102 e. The molecule has 17 heavy (non-hydrogen) atoms. The summed E-state index contributed by atoms with van der Waals surface area (Å²) < 4.78 is 0. The van der Waals surface area contributed by atoms with Crippen LogP contribution in [0.5, 0.6) is 0 Å². The Bertz CT molecular complexity index is 326. The lowest BCUT2D eigenvalue weighted by Crippen LogP contribution is -3.04. The van der Waals surface area contributed by atoms with E-state index in [1.807, 2.05) is 0 Å². The molecule has 0 saturated carbocycles. The number of benzene rings is 1. The fourth-order valence-corrected chi connectivity index (χ4v) is 1.00. The van der Waals surface area contributed by atoms with Crippen LogP contribution >= 0.6 is 0 Å². The van der Waals surface area contributed by atoms with Gasteiger partial charge in [0.25, 0.3) is 0 Å². The molecule has 0 bridgehead atoms. The third-order valence-electron chi connectivity index (χ3n) is 2.01. The molecule has 0 saturated heterocycles. The van der Waals surface area contributed by atoms with Crippen molar-refractivity contribution in [1.82, 2.24) is 0 Å². The number of hydrogen-bond acceptors (Lipinski definition) is 2. The highest BCUT2D eigenvalue weighted by molar-refractivity contribution is 5.70. The van der Waals surface area contributed by atoms with Crippen molar-refractivity contribution in [1.29, 1.82) is 0 Å². The molecule has 0 spiro atoms. The van der Waals surface area contributed by atoms with Crippen LogP contribution in [0.1, 0.15) is 26.3 Å². The molecule has 3 heteroatoms. The predicted molar refractivity (Wildman–Crippen MR) is 67.4 cm³/mol. The zero-order valence-electron chi connectivity index (χ0n) is 11.4. The van der Waals surface area contributed by atoms with Crippen LogP contribution in [0.2, 0.25) is 0 Å². The van der Waals surface area contributed by atoms with Gasteiger partial charge in [0.2, 0.25) is 0 Å². The lowest BCUT2D eigenvalue weighted by molar-refractivity contribution is -0.872. The zero-order valence-corrected chi connectivity index (χ0v) is 11.4. The number of nitrogens with one attached hydrogen (secondary N) is 1. The smallest absolute Gasteiger partial charge is 0.102 e. The lowest BCUT2D eigenvalue weighted by atomic mass is 9.98. The summed E-state index contributed by atoms with van der Waals surface area (Å²) >= 11 is 0. The maximum atomic E-state index is 9.91. The van der Waals surface area contributed by atoms with Gasteiger partial charge in [0.15, 0.2) is 0 Å². The Morgan fingerprint density at radius 1 is 1.18 bits per heavy atom. The van der Waals surface area contributed by atoms with Gasteiger partial charge in [-0.05, 0) is 0 Å². The van der Waals surface area contributed by atoms with Crippen LogP contribution in [0.15, 0.2) is 30.3 Å². The molecule has 0 unspecified atom stereocenters. The van der Waals surface area contributed by atoms with Crippen molar-refractivity contribution in [2.45, 2.75) is 27.3 Å². The first-order valence-electron chi connectivity index (χ1n) is 5.78. The van der Waals surface area contributed by atoms with Crippen LogP contribution in [0, 0.1) is 5.41 Å². The number of rotatable bonds is 2. The quantitative estimate of drug-likeness (QED) is 0.793. The van der Waals surface area contributed by atoms with E-state index in [0.717, 1.165) is 6.54 Å². The van der Waals surface area contributed by atoms with Crippen molar-refractivity contribution in [2.75, 3.05) is 14.1 Å². The molecule has 1 aromatic carbocycles. The Balaban J connectivity index is 0.000000325. The standard InChI is InChI=1S/C9H13N.C5H10O2/c1-10(2)8-9-6-4-3-5-7-9;1-5(2,3)4(6)7/h3-7H,8H2,1-2H3;1-3H3,(H,6,7). The van der Waals surface area contributed by atoms with Crippen molar-refractivity contribution < 1.29 is 14.8 Å². The van der Waals surface area contributed by atoms with Gasteiger partial charge in [0, 0.05) is 16.9 Å². The molecule has 0 aliphatic rings. The minimum absolute atomic E-state index is 0.694. The Kier molecular flexibility index (Phi) is 6.51. The van der Waals surface area contributed by atoms with Crippen molar-refractivity contribution >= 4 is 5.97 Å². The number of aliphatic carboxylic acids is 1. The monoisotopic (exact) mass is 237 g/mol. The maximum absolute atomic E-state index is 9.91. The fourth-order valence-electron chi connectivity index (χ4n) is 1.00.